The highest BCUT2D eigenvalue weighted by Gasteiger charge is 2.44. The van der Waals surface area contributed by atoms with E-state index in [4.69, 9.17) is 37.1 Å². The van der Waals surface area contributed by atoms with Crippen molar-refractivity contribution in [2.24, 2.45) is 0 Å². The molecule has 0 fully saturated rings. The number of halogens is 2. The van der Waals surface area contributed by atoms with Crippen molar-refractivity contribution in [1.82, 2.24) is 0 Å². The van der Waals surface area contributed by atoms with Crippen LogP contribution >= 0.6 is 23.2 Å². The Labute approximate surface area is 237 Å². The summed E-state index contributed by atoms with van der Waals surface area (Å²) in [5, 5.41) is 1.22. The van der Waals surface area contributed by atoms with Gasteiger partial charge >= 0.3 is 0 Å². The molecule has 8 heteroatoms. The van der Waals surface area contributed by atoms with Gasteiger partial charge in [0.1, 0.15) is 5.58 Å². The summed E-state index contributed by atoms with van der Waals surface area (Å²) < 4.78 is 18.0. The number of benzene rings is 3. The molecule has 4 aromatic rings. The second kappa shape index (κ2) is 11.3. The Hall–Kier alpha value is -3.48. The molecule has 5 rings (SSSR count). The van der Waals surface area contributed by atoms with E-state index in [1.807, 2.05) is 44.2 Å². The molecule has 2 heterocycles. The largest absolute Gasteiger partial charge is 0.490 e. The van der Waals surface area contributed by atoms with E-state index in [0.717, 1.165) is 24.8 Å². The van der Waals surface area contributed by atoms with Gasteiger partial charge in [-0.05, 0) is 73.9 Å². The van der Waals surface area contributed by atoms with E-state index in [1.54, 1.807) is 29.2 Å². The molecular weight excluding hydrogens is 537 g/mol. The summed E-state index contributed by atoms with van der Waals surface area (Å²) in [5.74, 6) is 0.724. The number of anilines is 1. The molecule has 1 atom stereocenters. The van der Waals surface area contributed by atoms with Gasteiger partial charge in [-0.2, -0.15) is 0 Å². The van der Waals surface area contributed by atoms with E-state index in [0.29, 0.717) is 57.0 Å². The summed E-state index contributed by atoms with van der Waals surface area (Å²) in [5.41, 5.74) is 2.32. The molecule has 39 heavy (non-hydrogen) atoms. The third-order valence-corrected chi connectivity index (χ3v) is 7.50. The van der Waals surface area contributed by atoms with Crippen molar-refractivity contribution in [1.29, 1.82) is 0 Å². The number of ether oxygens (including phenoxy) is 2. The molecule has 1 unspecified atom stereocenters. The van der Waals surface area contributed by atoms with Crippen molar-refractivity contribution in [3.05, 3.63) is 97.3 Å². The Kier molecular flexibility index (Phi) is 7.87. The van der Waals surface area contributed by atoms with Gasteiger partial charge in [-0.15, -0.1) is 0 Å². The Morgan fingerprint density at radius 1 is 0.923 bits per heavy atom. The van der Waals surface area contributed by atoms with Gasteiger partial charge in [-0.25, -0.2) is 0 Å². The lowest BCUT2D eigenvalue weighted by atomic mass is 9.97. The fourth-order valence-corrected chi connectivity index (χ4v) is 5.22. The number of carbonyl (C=O) groups is 1. The van der Waals surface area contributed by atoms with Crippen molar-refractivity contribution in [3.63, 3.8) is 0 Å². The van der Waals surface area contributed by atoms with Crippen LogP contribution in [0.15, 0.2) is 63.8 Å². The number of nitrogens with zero attached hydrogens (tertiary/aromatic N) is 1. The standard InChI is InChI=1S/C31H29Cl2NO5/c1-4-6-7-14-38-25-12-9-19(15-26(25)37-5-2)28-27-29(35)22-16-20(32)10-13-24(22)39-30(27)31(36)34(28)21-11-8-18(3)23(33)17-21/h8-13,15-17,28H,4-7,14H2,1-3H3. The maximum atomic E-state index is 13.9. The zero-order valence-electron chi connectivity index (χ0n) is 22.1. The summed E-state index contributed by atoms with van der Waals surface area (Å²) in [6, 6.07) is 14.9. The fraction of sp³-hybridized carbons (Fsp3) is 0.290. The zero-order chi connectivity index (χ0) is 27.7. The molecule has 1 amide bonds. The van der Waals surface area contributed by atoms with E-state index in [9.17, 15) is 9.59 Å². The minimum atomic E-state index is -0.778. The third-order valence-electron chi connectivity index (χ3n) is 6.85. The Balaban J connectivity index is 1.69. The lowest BCUT2D eigenvalue weighted by molar-refractivity contribution is 0.0971. The SMILES string of the molecule is CCCCCOc1ccc(C2c3c(oc4ccc(Cl)cc4c3=O)C(=O)N2c2ccc(C)c(Cl)c2)cc1OCC. The van der Waals surface area contributed by atoms with Crippen LogP contribution in [0.5, 0.6) is 11.5 Å². The topological polar surface area (TPSA) is 69.0 Å². The van der Waals surface area contributed by atoms with Gasteiger partial charge in [0.05, 0.1) is 30.2 Å². The smallest absolute Gasteiger partial charge is 0.295 e. The first-order valence-corrected chi connectivity index (χ1v) is 13.8. The minimum Gasteiger partial charge on any atom is -0.490 e. The average Bonchev–Trinajstić information content (AvgIpc) is 3.22. The molecule has 1 aliphatic heterocycles. The molecule has 0 N–H and O–H groups in total. The molecule has 1 aliphatic rings. The molecule has 0 aliphatic carbocycles. The number of hydrogen-bond acceptors (Lipinski definition) is 5. The van der Waals surface area contributed by atoms with E-state index < -0.39 is 11.9 Å². The molecule has 6 nitrogen and oxygen atoms in total. The summed E-state index contributed by atoms with van der Waals surface area (Å²) in [6.45, 7) is 6.92. The molecule has 3 aromatic carbocycles. The summed E-state index contributed by atoms with van der Waals surface area (Å²) in [6.07, 6.45) is 3.11. The number of unbranched alkanes of at least 4 members (excludes halogenated alkanes) is 2. The van der Waals surface area contributed by atoms with Crippen molar-refractivity contribution in [2.75, 3.05) is 18.1 Å². The predicted octanol–water partition coefficient (Wildman–Crippen LogP) is 8.13. The number of aryl methyl sites for hydroxylation is 1. The Bertz CT molecular complexity index is 1610. The van der Waals surface area contributed by atoms with Crippen molar-refractivity contribution >= 4 is 45.8 Å². The third kappa shape index (κ3) is 5.11. The van der Waals surface area contributed by atoms with Crippen molar-refractivity contribution in [3.8, 4) is 11.5 Å². The van der Waals surface area contributed by atoms with Gasteiger partial charge in [-0.3, -0.25) is 14.5 Å². The van der Waals surface area contributed by atoms with Gasteiger partial charge in [0.2, 0.25) is 5.76 Å². The first-order chi connectivity index (χ1) is 18.8. The normalized spacial score (nSPS) is 14.6. The number of carbonyl (C=O) groups excluding carboxylic acids is 1. The highest BCUT2D eigenvalue weighted by atomic mass is 35.5. The average molecular weight is 566 g/mol. The van der Waals surface area contributed by atoms with Crippen LogP contribution in [0.4, 0.5) is 5.69 Å². The van der Waals surface area contributed by atoms with Gasteiger partial charge in [-0.1, -0.05) is 55.1 Å². The van der Waals surface area contributed by atoms with E-state index in [-0.39, 0.29) is 16.8 Å². The van der Waals surface area contributed by atoms with E-state index >= 15 is 0 Å². The molecule has 0 bridgehead atoms. The molecule has 1 aromatic heterocycles. The molecule has 202 valence electrons. The first-order valence-electron chi connectivity index (χ1n) is 13.1. The first kappa shape index (κ1) is 27.1. The minimum absolute atomic E-state index is 0.00521. The van der Waals surface area contributed by atoms with Gasteiger partial charge < -0.3 is 13.9 Å². The van der Waals surface area contributed by atoms with Gasteiger partial charge in [0, 0.05) is 15.7 Å². The van der Waals surface area contributed by atoms with Crippen LogP contribution in [0.1, 0.15) is 66.4 Å². The van der Waals surface area contributed by atoms with Crippen LogP contribution in [0, 0.1) is 6.92 Å². The van der Waals surface area contributed by atoms with E-state index in [1.165, 1.54) is 0 Å². The molecular formula is C31H29Cl2NO5. The lowest BCUT2D eigenvalue weighted by Gasteiger charge is -2.26. The number of hydrogen-bond donors (Lipinski definition) is 0. The maximum Gasteiger partial charge on any atom is 0.295 e. The molecule has 0 spiro atoms. The van der Waals surface area contributed by atoms with Crippen molar-refractivity contribution < 1.29 is 18.7 Å². The summed E-state index contributed by atoms with van der Waals surface area (Å²) in [7, 11) is 0. The van der Waals surface area contributed by atoms with Crippen LogP contribution in [-0.2, 0) is 0 Å². The predicted molar refractivity (Wildman–Crippen MR) is 155 cm³/mol. The number of fused-ring (bicyclic) bond motifs is 2. The van der Waals surface area contributed by atoms with Crippen LogP contribution in [0.3, 0.4) is 0 Å². The quantitative estimate of drug-likeness (QED) is 0.191. The van der Waals surface area contributed by atoms with E-state index in [2.05, 4.69) is 6.92 Å². The molecule has 0 radical (unpaired) electrons. The van der Waals surface area contributed by atoms with Crippen LogP contribution in [0.25, 0.3) is 11.0 Å². The van der Waals surface area contributed by atoms with Crippen LogP contribution < -0.4 is 19.8 Å². The maximum absolute atomic E-state index is 13.9. The number of amides is 1. The zero-order valence-corrected chi connectivity index (χ0v) is 23.6. The van der Waals surface area contributed by atoms with Gasteiger partial charge in [0.15, 0.2) is 16.9 Å². The Morgan fingerprint density at radius 3 is 2.49 bits per heavy atom. The fourth-order valence-electron chi connectivity index (χ4n) is 4.87. The highest BCUT2D eigenvalue weighted by molar-refractivity contribution is 6.32. The van der Waals surface area contributed by atoms with Crippen molar-refractivity contribution in [2.45, 2.75) is 46.1 Å². The highest BCUT2D eigenvalue weighted by Crippen LogP contribution is 2.44. The monoisotopic (exact) mass is 565 g/mol. The lowest BCUT2D eigenvalue weighted by Crippen LogP contribution is -2.29. The van der Waals surface area contributed by atoms with Crippen LogP contribution in [0.2, 0.25) is 10.0 Å². The molecule has 0 saturated heterocycles. The second-order valence-electron chi connectivity index (χ2n) is 9.52. The summed E-state index contributed by atoms with van der Waals surface area (Å²) >= 11 is 12.7. The molecule has 0 saturated carbocycles. The second-order valence-corrected chi connectivity index (χ2v) is 10.4. The van der Waals surface area contributed by atoms with Gasteiger partial charge in [0.25, 0.3) is 5.91 Å². The number of rotatable bonds is 9. The summed E-state index contributed by atoms with van der Waals surface area (Å²) in [4.78, 5) is 29.3. The van der Waals surface area contributed by atoms with Crippen LogP contribution in [-0.4, -0.2) is 19.1 Å². The Morgan fingerprint density at radius 2 is 1.74 bits per heavy atom.